The summed E-state index contributed by atoms with van der Waals surface area (Å²) in [6, 6.07) is 6.07. The third kappa shape index (κ3) is 3.30. The first-order valence-electron chi connectivity index (χ1n) is 5.72. The predicted octanol–water partition coefficient (Wildman–Crippen LogP) is 2.42. The zero-order valence-electron chi connectivity index (χ0n) is 10.1. The van der Waals surface area contributed by atoms with E-state index in [1.807, 2.05) is 30.4 Å². The maximum atomic E-state index is 10.7. The minimum absolute atomic E-state index is 0.00256. The third-order valence-electron chi connectivity index (χ3n) is 2.42. The normalized spacial score (nSPS) is 11.2. The van der Waals surface area contributed by atoms with Gasteiger partial charge in [0.25, 0.3) is 0 Å². The highest BCUT2D eigenvalue weighted by atomic mass is 32.1. The lowest BCUT2D eigenvalue weighted by Gasteiger charge is -1.97. The number of carbonyl (C=O) groups is 1. The average Bonchev–Trinajstić information content (AvgIpc) is 2.67. The molecule has 1 aromatic carbocycles. The molecule has 0 aliphatic carbocycles. The molecule has 5 heteroatoms. The summed E-state index contributed by atoms with van der Waals surface area (Å²) in [5, 5.41) is 3.34. The summed E-state index contributed by atoms with van der Waals surface area (Å²) in [4.78, 5) is 14.9. The van der Waals surface area contributed by atoms with Gasteiger partial charge >= 0.3 is 0 Å². The van der Waals surface area contributed by atoms with E-state index in [4.69, 9.17) is 5.73 Å². The molecule has 94 valence electrons. The van der Waals surface area contributed by atoms with Gasteiger partial charge in [-0.3, -0.25) is 4.79 Å². The molecule has 2 rings (SSSR count). The predicted molar refractivity (Wildman–Crippen MR) is 76.4 cm³/mol. The Morgan fingerprint density at radius 3 is 3.17 bits per heavy atom. The summed E-state index contributed by atoms with van der Waals surface area (Å²) in [6.07, 6.45) is 4.88. The first kappa shape index (κ1) is 12.6. The number of amides is 1. The molecule has 1 aromatic heterocycles. The molecule has 0 fully saturated rings. The largest absolute Gasteiger partial charge is 0.375 e. The van der Waals surface area contributed by atoms with E-state index in [9.17, 15) is 4.79 Å². The molecule has 0 spiro atoms. The number of nitrogens with two attached hydrogens (primary N) is 1. The number of nitrogens with one attached hydrogen (secondary N) is 1. The Hall–Kier alpha value is -1.88. The number of aromatic nitrogens is 1. The minimum Gasteiger partial charge on any atom is -0.375 e. The van der Waals surface area contributed by atoms with Crippen LogP contribution >= 0.6 is 11.3 Å². The zero-order chi connectivity index (χ0) is 13.0. The summed E-state index contributed by atoms with van der Waals surface area (Å²) in [5.41, 5.74) is 7.68. The molecule has 0 unspecified atom stereocenters. The van der Waals surface area contributed by atoms with Crippen LogP contribution in [0.15, 0.2) is 24.3 Å². The van der Waals surface area contributed by atoms with E-state index in [1.165, 1.54) is 18.3 Å². The maximum absolute atomic E-state index is 10.7. The number of hydrogen-bond donors (Lipinski definition) is 2. The van der Waals surface area contributed by atoms with E-state index in [1.54, 1.807) is 0 Å². The van der Waals surface area contributed by atoms with Gasteiger partial charge in [-0.15, -0.1) is 0 Å². The Morgan fingerprint density at radius 1 is 1.56 bits per heavy atom. The van der Waals surface area contributed by atoms with Crippen LogP contribution in [0.3, 0.4) is 0 Å². The lowest BCUT2D eigenvalue weighted by atomic mass is 10.2. The molecule has 2 aromatic rings. The van der Waals surface area contributed by atoms with Crippen LogP contribution in [0.2, 0.25) is 0 Å². The van der Waals surface area contributed by atoms with Gasteiger partial charge in [0.05, 0.1) is 10.2 Å². The van der Waals surface area contributed by atoms with Gasteiger partial charge in [0.2, 0.25) is 5.91 Å². The molecule has 0 aliphatic rings. The highest BCUT2D eigenvalue weighted by molar-refractivity contribution is 7.22. The van der Waals surface area contributed by atoms with Crippen LogP contribution in [0.1, 0.15) is 18.9 Å². The standard InChI is InChI=1S/C13H15N3OS/c1-9(17)15-7-3-2-4-10-5-6-12-11(8-10)16-13(14)18-12/h2,4-6,8H,3,7H2,1H3,(H2,14,16)(H,15,17). The first-order valence-corrected chi connectivity index (χ1v) is 6.54. The molecular formula is C13H15N3OS. The van der Waals surface area contributed by atoms with Gasteiger partial charge in [-0.2, -0.15) is 0 Å². The molecule has 1 heterocycles. The number of hydrogen-bond acceptors (Lipinski definition) is 4. The van der Waals surface area contributed by atoms with Gasteiger partial charge in [0.1, 0.15) is 0 Å². The topological polar surface area (TPSA) is 68.0 Å². The van der Waals surface area contributed by atoms with Crippen molar-refractivity contribution in [1.82, 2.24) is 10.3 Å². The van der Waals surface area contributed by atoms with Gasteiger partial charge in [-0.25, -0.2) is 4.98 Å². The van der Waals surface area contributed by atoms with Crippen molar-refractivity contribution in [2.75, 3.05) is 12.3 Å². The van der Waals surface area contributed by atoms with Gasteiger partial charge < -0.3 is 11.1 Å². The van der Waals surface area contributed by atoms with E-state index in [0.717, 1.165) is 22.2 Å². The summed E-state index contributed by atoms with van der Waals surface area (Å²) < 4.78 is 1.10. The van der Waals surface area contributed by atoms with Gasteiger partial charge in [0.15, 0.2) is 5.13 Å². The molecule has 0 aliphatic heterocycles. The second-order valence-corrected chi connectivity index (χ2v) is 5.02. The van der Waals surface area contributed by atoms with Gasteiger partial charge in [-0.1, -0.05) is 29.6 Å². The van der Waals surface area contributed by atoms with Crippen LogP contribution in [-0.2, 0) is 4.79 Å². The van der Waals surface area contributed by atoms with E-state index >= 15 is 0 Å². The number of carbonyl (C=O) groups excluding carboxylic acids is 1. The minimum atomic E-state index is 0.00256. The van der Waals surface area contributed by atoms with Crippen molar-refractivity contribution in [3.05, 3.63) is 29.8 Å². The molecule has 3 N–H and O–H groups in total. The van der Waals surface area contributed by atoms with Crippen molar-refractivity contribution in [2.45, 2.75) is 13.3 Å². The molecule has 0 atom stereocenters. The fraction of sp³-hybridized carbons (Fsp3) is 0.231. The number of rotatable bonds is 4. The van der Waals surface area contributed by atoms with Gasteiger partial charge in [0, 0.05) is 13.5 Å². The number of nitrogens with zero attached hydrogens (tertiary/aromatic N) is 1. The Morgan fingerprint density at radius 2 is 2.39 bits per heavy atom. The quantitative estimate of drug-likeness (QED) is 0.830. The second kappa shape index (κ2) is 5.64. The van der Waals surface area contributed by atoms with Crippen molar-refractivity contribution in [3.63, 3.8) is 0 Å². The molecule has 0 radical (unpaired) electrons. The van der Waals surface area contributed by atoms with Crippen LogP contribution in [0.25, 0.3) is 16.3 Å². The zero-order valence-corrected chi connectivity index (χ0v) is 11.0. The monoisotopic (exact) mass is 261 g/mol. The lowest BCUT2D eigenvalue weighted by Crippen LogP contribution is -2.20. The van der Waals surface area contributed by atoms with Crippen molar-refractivity contribution in [1.29, 1.82) is 0 Å². The molecule has 0 bridgehead atoms. The Balaban J connectivity index is 1.98. The van der Waals surface area contributed by atoms with Crippen LogP contribution in [0.5, 0.6) is 0 Å². The fourth-order valence-electron chi connectivity index (χ4n) is 1.62. The highest BCUT2D eigenvalue weighted by Crippen LogP contribution is 2.24. The van der Waals surface area contributed by atoms with E-state index in [0.29, 0.717) is 11.7 Å². The molecule has 18 heavy (non-hydrogen) atoms. The van der Waals surface area contributed by atoms with Crippen molar-refractivity contribution in [3.8, 4) is 0 Å². The highest BCUT2D eigenvalue weighted by Gasteiger charge is 2.00. The summed E-state index contributed by atoms with van der Waals surface area (Å²) >= 11 is 1.49. The van der Waals surface area contributed by atoms with Gasteiger partial charge in [-0.05, 0) is 24.1 Å². The molecule has 1 amide bonds. The number of thiazole rings is 1. The van der Waals surface area contributed by atoms with E-state index in [-0.39, 0.29) is 5.91 Å². The van der Waals surface area contributed by atoms with E-state index in [2.05, 4.69) is 10.3 Å². The van der Waals surface area contributed by atoms with Crippen LogP contribution in [0, 0.1) is 0 Å². The number of benzene rings is 1. The van der Waals surface area contributed by atoms with Crippen molar-refractivity contribution in [2.24, 2.45) is 0 Å². The Labute approximate surface area is 110 Å². The first-order chi connectivity index (χ1) is 8.65. The number of anilines is 1. The Kier molecular flexibility index (Phi) is 3.94. The number of fused-ring (bicyclic) bond motifs is 1. The third-order valence-corrected chi connectivity index (χ3v) is 3.29. The molecule has 4 nitrogen and oxygen atoms in total. The summed E-state index contributed by atoms with van der Waals surface area (Å²) in [6.45, 7) is 2.18. The smallest absolute Gasteiger partial charge is 0.216 e. The molecule has 0 saturated heterocycles. The fourth-order valence-corrected chi connectivity index (χ4v) is 2.33. The van der Waals surface area contributed by atoms with Crippen LogP contribution < -0.4 is 11.1 Å². The Bertz CT molecular complexity index is 589. The van der Waals surface area contributed by atoms with Crippen molar-refractivity contribution >= 4 is 38.7 Å². The summed E-state index contributed by atoms with van der Waals surface area (Å²) in [5.74, 6) is 0.00256. The van der Waals surface area contributed by atoms with Crippen molar-refractivity contribution < 1.29 is 4.79 Å². The number of nitrogen functional groups attached to an aromatic ring is 1. The van der Waals surface area contributed by atoms with E-state index < -0.39 is 0 Å². The average molecular weight is 261 g/mol. The lowest BCUT2D eigenvalue weighted by molar-refractivity contribution is -0.118. The molecule has 0 saturated carbocycles. The molecular weight excluding hydrogens is 246 g/mol. The van der Waals surface area contributed by atoms with Crippen LogP contribution in [0.4, 0.5) is 5.13 Å². The SMILES string of the molecule is CC(=O)NCCC=Cc1ccc2sc(N)nc2c1. The summed E-state index contributed by atoms with van der Waals surface area (Å²) in [7, 11) is 0. The second-order valence-electron chi connectivity index (χ2n) is 3.95. The van der Waals surface area contributed by atoms with Crippen LogP contribution in [-0.4, -0.2) is 17.4 Å². The maximum Gasteiger partial charge on any atom is 0.216 e.